The van der Waals surface area contributed by atoms with Gasteiger partial charge in [-0.2, -0.15) is 0 Å². The number of carbonyl (C=O) groups is 1. The molecule has 0 radical (unpaired) electrons. The molecule has 1 atom stereocenters. The Kier molecular flexibility index (Phi) is 7.20. The van der Waals surface area contributed by atoms with Crippen molar-refractivity contribution < 1.29 is 9.53 Å². The van der Waals surface area contributed by atoms with Gasteiger partial charge in [0.25, 0.3) is 0 Å². The SMILES string of the molecule is CCCCNC(=O)NC[C@@H](c1ccc(OC)cc1)N1CCCC1. The molecule has 2 N–H and O–H groups in total. The van der Waals surface area contributed by atoms with E-state index in [0.717, 1.165) is 38.2 Å². The first-order valence-electron chi connectivity index (χ1n) is 8.64. The normalized spacial score (nSPS) is 16.1. The van der Waals surface area contributed by atoms with Crippen molar-refractivity contribution in [1.29, 1.82) is 0 Å². The van der Waals surface area contributed by atoms with Gasteiger partial charge in [0.1, 0.15) is 5.75 Å². The standard InChI is InChI=1S/C18H29N3O2/c1-3-4-11-19-18(22)20-14-17(21-12-5-6-13-21)15-7-9-16(23-2)10-8-15/h7-10,17H,3-6,11-14H2,1-2H3,(H2,19,20,22)/t17-/m0/s1. The maximum atomic E-state index is 11.9. The Hall–Kier alpha value is -1.75. The Balaban J connectivity index is 1.95. The summed E-state index contributed by atoms with van der Waals surface area (Å²) in [6, 6.07) is 8.31. The van der Waals surface area contributed by atoms with Gasteiger partial charge < -0.3 is 15.4 Å². The zero-order valence-corrected chi connectivity index (χ0v) is 14.3. The van der Waals surface area contributed by atoms with Gasteiger partial charge in [-0.05, 0) is 50.0 Å². The topological polar surface area (TPSA) is 53.6 Å². The van der Waals surface area contributed by atoms with Crippen molar-refractivity contribution in [3.8, 4) is 5.75 Å². The fourth-order valence-electron chi connectivity index (χ4n) is 2.97. The van der Waals surface area contributed by atoms with Crippen LogP contribution >= 0.6 is 0 Å². The summed E-state index contributed by atoms with van der Waals surface area (Å²) in [5.74, 6) is 0.860. The minimum Gasteiger partial charge on any atom is -0.497 e. The van der Waals surface area contributed by atoms with Crippen molar-refractivity contribution in [2.45, 2.75) is 38.6 Å². The molecule has 1 heterocycles. The van der Waals surface area contributed by atoms with E-state index >= 15 is 0 Å². The van der Waals surface area contributed by atoms with E-state index in [1.165, 1.54) is 18.4 Å². The molecule has 5 heteroatoms. The summed E-state index contributed by atoms with van der Waals surface area (Å²) in [4.78, 5) is 14.4. The molecular weight excluding hydrogens is 290 g/mol. The third kappa shape index (κ3) is 5.43. The molecule has 2 rings (SSSR count). The first kappa shape index (κ1) is 17.6. The Morgan fingerprint density at radius 2 is 1.91 bits per heavy atom. The number of benzene rings is 1. The lowest BCUT2D eigenvalue weighted by atomic mass is 10.1. The second-order valence-electron chi connectivity index (χ2n) is 6.02. The molecule has 0 unspecified atom stereocenters. The number of hydrogen-bond donors (Lipinski definition) is 2. The largest absolute Gasteiger partial charge is 0.497 e. The van der Waals surface area contributed by atoms with Gasteiger partial charge in [-0.25, -0.2) is 4.79 Å². The average Bonchev–Trinajstić information content (AvgIpc) is 3.10. The van der Waals surface area contributed by atoms with Crippen molar-refractivity contribution in [2.24, 2.45) is 0 Å². The Morgan fingerprint density at radius 1 is 1.22 bits per heavy atom. The van der Waals surface area contributed by atoms with Gasteiger partial charge in [0.2, 0.25) is 0 Å². The lowest BCUT2D eigenvalue weighted by molar-refractivity contribution is 0.220. The van der Waals surface area contributed by atoms with Crippen LogP contribution in [-0.2, 0) is 0 Å². The molecule has 1 saturated heterocycles. The summed E-state index contributed by atoms with van der Waals surface area (Å²) in [6.07, 6.45) is 4.56. The van der Waals surface area contributed by atoms with E-state index in [4.69, 9.17) is 4.74 Å². The third-order valence-electron chi connectivity index (χ3n) is 4.35. The molecule has 1 aromatic rings. The van der Waals surface area contributed by atoms with Gasteiger partial charge in [0, 0.05) is 13.1 Å². The number of hydrogen-bond acceptors (Lipinski definition) is 3. The van der Waals surface area contributed by atoms with E-state index in [9.17, 15) is 4.79 Å². The van der Waals surface area contributed by atoms with E-state index < -0.39 is 0 Å². The van der Waals surface area contributed by atoms with Crippen LogP contribution in [0.5, 0.6) is 5.75 Å². The molecule has 0 spiro atoms. The summed E-state index contributed by atoms with van der Waals surface area (Å²) in [6.45, 7) is 5.67. The van der Waals surface area contributed by atoms with Gasteiger partial charge in [0.05, 0.1) is 13.2 Å². The number of amides is 2. The van der Waals surface area contributed by atoms with Gasteiger partial charge in [-0.15, -0.1) is 0 Å². The van der Waals surface area contributed by atoms with Crippen molar-refractivity contribution in [2.75, 3.05) is 33.3 Å². The van der Waals surface area contributed by atoms with Gasteiger partial charge in [-0.3, -0.25) is 4.90 Å². The minimum absolute atomic E-state index is 0.0730. The van der Waals surface area contributed by atoms with Crippen LogP contribution in [0, 0.1) is 0 Å². The zero-order valence-electron chi connectivity index (χ0n) is 14.3. The second-order valence-corrected chi connectivity index (χ2v) is 6.02. The lowest BCUT2D eigenvalue weighted by Crippen LogP contribution is -2.41. The molecular formula is C18H29N3O2. The van der Waals surface area contributed by atoms with E-state index in [2.05, 4.69) is 34.6 Å². The fraction of sp³-hybridized carbons (Fsp3) is 0.611. The highest BCUT2D eigenvalue weighted by molar-refractivity contribution is 5.73. The van der Waals surface area contributed by atoms with Crippen LogP contribution in [-0.4, -0.2) is 44.2 Å². The highest BCUT2D eigenvalue weighted by Gasteiger charge is 2.23. The number of rotatable bonds is 8. The fourth-order valence-corrected chi connectivity index (χ4v) is 2.97. The van der Waals surface area contributed by atoms with Crippen LogP contribution < -0.4 is 15.4 Å². The third-order valence-corrected chi connectivity index (χ3v) is 4.35. The summed E-state index contributed by atoms with van der Waals surface area (Å²) in [7, 11) is 1.68. The minimum atomic E-state index is -0.0730. The molecule has 1 aliphatic rings. The molecule has 1 fully saturated rings. The molecule has 23 heavy (non-hydrogen) atoms. The van der Waals surface area contributed by atoms with Crippen molar-refractivity contribution in [3.05, 3.63) is 29.8 Å². The van der Waals surface area contributed by atoms with Crippen LogP contribution in [0.1, 0.15) is 44.2 Å². The smallest absolute Gasteiger partial charge is 0.314 e. The second kappa shape index (κ2) is 9.40. The van der Waals surface area contributed by atoms with Crippen LogP contribution in [0.3, 0.4) is 0 Å². The van der Waals surface area contributed by atoms with E-state index in [-0.39, 0.29) is 12.1 Å². The molecule has 1 aromatic carbocycles. The van der Waals surface area contributed by atoms with E-state index in [1.54, 1.807) is 7.11 Å². The van der Waals surface area contributed by atoms with Crippen LogP contribution in [0.4, 0.5) is 4.79 Å². The summed E-state index contributed by atoms with van der Waals surface area (Å²) in [5, 5.41) is 5.93. The van der Waals surface area contributed by atoms with Gasteiger partial charge in [0.15, 0.2) is 0 Å². The number of likely N-dealkylation sites (tertiary alicyclic amines) is 1. The number of ether oxygens (including phenoxy) is 1. The molecule has 0 aromatic heterocycles. The van der Waals surface area contributed by atoms with Crippen LogP contribution in [0.2, 0.25) is 0 Å². The Morgan fingerprint density at radius 3 is 2.52 bits per heavy atom. The number of nitrogens with zero attached hydrogens (tertiary/aromatic N) is 1. The van der Waals surface area contributed by atoms with Crippen molar-refractivity contribution in [1.82, 2.24) is 15.5 Å². The zero-order chi connectivity index (χ0) is 16.5. The van der Waals surface area contributed by atoms with Crippen molar-refractivity contribution >= 4 is 6.03 Å². The summed E-state index contributed by atoms with van der Waals surface area (Å²) in [5.41, 5.74) is 1.22. The molecule has 128 valence electrons. The van der Waals surface area contributed by atoms with Gasteiger partial charge >= 0.3 is 6.03 Å². The van der Waals surface area contributed by atoms with Gasteiger partial charge in [-0.1, -0.05) is 25.5 Å². The predicted molar refractivity (Wildman–Crippen MR) is 92.9 cm³/mol. The number of unbranched alkanes of at least 4 members (excludes halogenated alkanes) is 1. The van der Waals surface area contributed by atoms with Crippen LogP contribution in [0.25, 0.3) is 0 Å². The molecule has 2 amide bonds. The lowest BCUT2D eigenvalue weighted by Gasteiger charge is -2.28. The number of nitrogens with one attached hydrogen (secondary N) is 2. The predicted octanol–water partition coefficient (Wildman–Crippen LogP) is 2.93. The van der Waals surface area contributed by atoms with E-state index in [0.29, 0.717) is 6.54 Å². The van der Waals surface area contributed by atoms with E-state index in [1.807, 2.05) is 12.1 Å². The first-order valence-corrected chi connectivity index (χ1v) is 8.64. The Bertz CT molecular complexity index is 470. The Labute approximate surface area is 139 Å². The molecule has 0 saturated carbocycles. The average molecular weight is 319 g/mol. The monoisotopic (exact) mass is 319 g/mol. The molecule has 0 bridgehead atoms. The quantitative estimate of drug-likeness (QED) is 0.724. The summed E-state index contributed by atoms with van der Waals surface area (Å²) >= 11 is 0. The molecule has 1 aliphatic heterocycles. The number of methoxy groups -OCH3 is 1. The molecule has 5 nitrogen and oxygen atoms in total. The summed E-state index contributed by atoms with van der Waals surface area (Å²) < 4.78 is 5.23. The van der Waals surface area contributed by atoms with Crippen LogP contribution in [0.15, 0.2) is 24.3 Å². The highest BCUT2D eigenvalue weighted by Crippen LogP contribution is 2.26. The van der Waals surface area contributed by atoms with Crippen molar-refractivity contribution in [3.63, 3.8) is 0 Å². The molecule has 0 aliphatic carbocycles. The first-order chi connectivity index (χ1) is 11.2. The maximum Gasteiger partial charge on any atom is 0.314 e. The maximum absolute atomic E-state index is 11.9. The highest BCUT2D eigenvalue weighted by atomic mass is 16.5. The number of carbonyl (C=O) groups excluding carboxylic acids is 1. The number of urea groups is 1.